The van der Waals surface area contributed by atoms with E-state index in [-0.39, 0.29) is 0 Å². The quantitative estimate of drug-likeness (QED) is 0.665. The van der Waals surface area contributed by atoms with Gasteiger partial charge in [0.15, 0.2) is 0 Å². The number of aromatic nitrogens is 2. The largest absolute Gasteiger partial charge is 0.237 e. The first-order valence-electron chi connectivity index (χ1n) is 4.52. The summed E-state index contributed by atoms with van der Waals surface area (Å²) in [5.41, 5.74) is 1.12. The Morgan fingerprint density at radius 1 is 1.50 bits per heavy atom. The van der Waals surface area contributed by atoms with E-state index < -0.39 is 0 Å². The summed E-state index contributed by atoms with van der Waals surface area (Å²) in [7, 11) is 0. The maximum atomic E-state index is 4.49. The molecule has 2 heteroatoms. The summed E-state index contributed by atoms with van der Waals surface area (Å²) in [6.45, 7) is 4.29. The molecule has 0 N–H and O–H groups in total. The zero-order valence-electron chi connectivity index (χ0n) is 7.54. The molecule has 0 atom stereocenters. The van der Waals surface area contributed by atoms with Crippen LogP contribution in [0, 0.1) is 6.20 Å². The first-order valence-corrected chi connectivity index (χ1v) is 4.52. The lowest BCUT2D eigenvalue weighted by molar-refractivity contribution is 0.782. The van der Waals surface area contributed by atoms with Gasteiger partial charge in [-0.15, -0.1) is 0 Å². The monoisotopic (exact) mass is 161 g/mol. The molecule has 1 saturated carbocycles. The van der Waals surface area contributed by atoms with Crippen molar-refractivity contribution >= 4 is 0 Å². The van der Waals surface area contributed by atoms with E-state index >= 15 is 0 Å². The minimum Gasteiger partial charge on any atom is -0.237 e. The molecular formula is C10H13N2. The van der Waals surface area contributed by atoms with Crippen LogP contribution >= 0.6 is 0 Å². The molecule has 1 aliphatic rings. The van der Waals surface area contributed by atoms with Crippen molar-refractivity contribution in [2.75, 3.05) is 0 Å². The van der Waals surface area contributed by atoms with Crippen molar-refractivity contribution in [3.8, 4) is 0 Å². The third-order valence-electron chi connectivity index (χ3n) is 2.17. The predicted octanol–water partition coefficient (Wildman–Crippen LogP) is 2.28. The van der Waals surface area contributed by atoms with E-state index in [1.54, 1.807) is 0 Å². The molecule has 0 amide bonds. The lowest BCUT2D eigenvalue weighted by atomic mass is 10.1. The van der Waals surface area contributed by atoms with Crippen LogP contribution in [0.3, 0.4) is 0 Å². The Labute approximate surface area is 73.1 Å². The Bertz CT molecular complexity index is 260. The van der Waals surface area contributed by atoms with Gasteiger partial charge in [0, 0.05) is 11.6 Å². The van der Waals surface area contributed by atoms with Crippen LogP contribution in [0.25, 0.3) is 0 Å². The van der Waals surface area contributed by atoms with Crippen LogP contribution in [0.1, 0.15) is 50.0 Å². The number of hydrogen-bond acceptors (Lipinski definition) is 2. The first-order chi connectivity index (χ1) is 5.77. The smallest absolute Gasteiger partial charge is 0.132 e. The van der Waals surface area contributed by atoms with Crippen LogP contribution in [0.4, 0.5) is 0 Å². The third kappa shape index (κ3) is 1.47. The molecule has 63 valence electrons. The average Bonchev–Trinajstić information content (AvgIpc) is 2.87. The molecule has 0 unspecified atom stereocenters. The van der Waals surface area contributed by atoms with Gasteiger partial charge in [0.25, 0.3) is 0 Å². The van der Waals surface area contributed by atoms with E-state index in [0.29, 0.717) is 11.8 Å². The molecule has 12 heavy (non-hydrogen) atoms. The average molecular weight is 161 g/mol. The highest BCUT2D eigenvalue weighted by atomic mass is 14.9. The Hall–Kier alpha value is -0.920. The number of rotatable bonds is 2. The molecule has 1 radical (unpaired) electrons. The van der Waals surface area contributed by atoms with E-state index in [2.05, 4.69) is 30.0 Å². The van der Waals surface area contributed by atoms with Gasteiger partial charge in [0.2, 0.25) is 0 Å². The van der Waals surface area contributed by atoms with Crippen molar-refractivity contribution in [1.29, 1.82) is 0 Å². The van der Waals surface area contributed by atoms with Crippen molar-refractivity contribution in [2.45, 2.75) is 38.5 Å². The maximum absolute atomic E-state index is 4.49. The SMILES string of the molecule is CC(C)c1c[c]nc(C2CC2)n1. The Morgan fingerprint density at radius 2 is 2.25 bits per heavy atom. The maximum Gasteiger partial charge on any atom is 0.132 e. The van der Waals surface area contributed by atoms with E-state index in [1.807, 2.05) is 6.07 Å². The molecule has 0 spiro atoms. The molecule has 1 aliphatic carbocycles. The molecular weight excluding hydrogens is 148 g/mol. The third-order valence-corrected chi connectivity index (χ3v) is 2.17. The number of nitrogens with zero attached hydrogens (tertiary/aromatic N) is 2. The van der Waals surface area contributed by atoms with E-state index in [0.717, 1.165) is 11.5 Å². The second-order valence-corrected chi connectivity index (χ2v) is 3.71. The van der Waals surface area contributed by atoms with E-state index in [1.165, 1.54) is 12.8 Å². The summed E-state index contributed by atoms with van der Waals surface area (Å²) in [4.78, 5) is 8.64. The predicted molar refractivity (Wildman–Crippen MR) is 46.9 cm³/mol. The van der Waals surface area contributed by atoms with Crippen LogP contribution in [0.15, 0.2) is 6.07 Å². The molecule has 0 aliphatic heterocycles. The molecule has 2 rings (SSSR count). The van der Waals surface area contributed by atoms with Gasteiger partial charge in [0.1, 0.15) is 5.82 Å². The molecule has 1 aromatic heterocycles. The van der Waals surface area contributed by atoms with Crippen LogP contribution in [0.2, 0.25) is 0 Å². The Balaban J connectivity index is 2.26. The van der Waals surface area contributed by atoms with Gasteiger partial charge in [-0.3, -0.25) is 0 Å². The van der Waals surface area contributed by atoms with E-state index in [4.69, 9.17) is 0 Å². The first kappa shape index (κ1) is 7.71. The topological polar surface area (TPSA) is 25.8 Å². The summed E-state index contributed by atoms with van der Waals surface area (Å²) in [6.07, 6.45) is 5.44. The van der Waals surface area contributed by atoms with Gasteiger partial charge < -0.3 is 0 Å². The zero-order chi connectivity index (χ0) is 8.55. The molecule has 0 saturated heterocycles. The van der Waals surface area contributed by atoms with Gasteiger partial charge in [-0.2, -0.15) is 0 Å². The highest BCUT2D eigenvalue weighted by Crippen LogP contribution is 2.37. The standard InChI is InChI=1S/C10H13N2/c1-7(2)9-5-6-11-10(12-9)8-3-4-8/h5,7-8H,3-4H2,1-2H3. The lowest BCUT2D eigenvalue weighted by Crippen LogP contribution is -1.98. The highest BCUT2D eigenvalue weighted by Gasteiger charge is 2.26. The summed E-state index contributed by atoms with van der Waals surface area (Å²) in [5.74, 6) is 2.13. The summed E-state index contributed by atoms with van der Waals surface area (Å²) >= 11 is 0. The summed E-state index contributed by atoms with van der Waals surface area (Å²) < 4.78 is 0. The second-order valence-electron chi connectivity index (χ2n) is 3.71. The van der Waals surface area contributed by atoms with Crippen LogP contribution < -0.4 is 0 Å². The minimum absolute atomic E-state index is 0.488. The zero-order valence-corrected chi connectivity index (χ0v) is 7.54. The second kappa shape index (κ2) is 2.85. The fourth-order valence-electron chi connectivity index (χ4n) is 1.17. The molecule has 2 nitrogen and oxygen atoms in total. The van der Waals surface area contributed by atoms with Crippen molar-refractivity contribution in [3.05, 3.63) is 23.8 Å². The molecule has 1 aromatic rings. The fraction of sp³-hybridized carbons (Fsp3) is 0.600. The molecule has 0 aromatic carbocycles. The van der Waals surface area contributed by atoms with Crippen LogP contribution in [-0.4, -0.2) is 9.97 Å². The number of hydrogen-bond donors (Lipinski definition) is 0. The van der Waals surface area contributed by atoms with Gasteiger partial charge in [0.05, 0.1) is 6.20 Å². The van der Waals surface area contributed by atoms with E-state index in [9.17, 15) is 0 Å². The van der Waals surface area contributed by atoms with Crippen molar-refractivity contribution in [3.63, 3.8) is 0 Å². The molecule has 1 fully saturated rings. The van der Waals surface area contributed by atoms with Gasteiger partial charge in [-0.25, -0.2) is 9.97 Å². The normalized spacial score (nSPS) is 16.9. The molecule has 0 bridgehead atoms. The fourth-order valence-corrected chi connectivity index (χ4v) is 1.17. The van der Waals surface area contributed by atoms with Crippen molar-refractivity contribution in [1.82, 2.24) is 9.97 Å². The molecule has 1 heterocycles. The lowest BCUT2D eigenvalue weighted by Gasteiger charge is -2.04. The van der Waals surface area contributed by atoms with Crippen LogP contribution in [-0.2, 0) is 0 Å². The van der Waals surface area contributed by atoms with Crippen molar-refractivity contribution < 1.29 is 0 Å². The summed E-state index contributed by atoms with van der Waals surface area (Å²) in [5, 5.41) is 0. The Kier molecular flexibility index (Phi) is 1.83. The van der Waals surface area contributed by atoms with Crippen molar-refractivity contribution in [2.24, 2.45) is 0 Å². The Morgan fingerprint density at radius 3 is 2.83 bits per heavy atom. The van der Waals surface area contributed by atoms with Gasteiger partial charge in [-0.05, 0) is 24.8 Å². The van der Waals surface area contributed by atoms with Gasteiger partial charge >= 0.3 is 0 Å². The van der Waals surface area contributed by atoms with Gasteiger partial charge in [-0.1, -0.05) is 13.8 Å². The highest BCUT2D eigenvalue weighted by molar-refractivity contribution is 5.11. The van der Waals surface area contributed by atoms with Crippen LogP contribution in [0.5, 0.6) is 0 Å². The summed E-state index contributed by atoms with van der Waals surface area (Å²) in [6, 6.07) is 1.89. The minimum atomic E-state index is 0.488.